The standard InChI is InChI=1S/C19H18IN3O3S/c20-16-6-2-3-7-17(16)22-19(24)14-9-11-23(12-10-14)27(25,26)18-8-4-1-5-15(18)13-21/h1-8,14H,9-12H2,(H,22,24). The fourth-order valence-corrected chi connectivity index (χ4v) is 5.21. The van der Waals surface area contributed by atoms with Crippen molar-refractivity contribution in [1.82, 2.24) is 4.31 Å². The molecule has 2 aromatic carbocycles. The topological polar surface area (TPSA) is 90.3 Å². The SMILES string of the molecule is N#Cc1ccccc1S(=O)(=O)N1CCC(C(=O)Nc2ccccc2I)CC1. The van der Waals surface area contributed by atoms with Crippen LogP contribution >= 0.6 is 22.6 Å². The van der Waals surface area contributed by atoms with Gasteiger partial charge in [-0.05, 0) is 59.7 Å². The number of nitrogens with zero attached hydrogens (tertiary/aromatic N) is 2. The number of para-hydroxylation sites is 1. The Morgan fingerprint density at radius 3 is 2.41 bits per heavy atom. The van der Waals surface area contributed by atoms with Crippen LogP contribution in [-0.2, 0) is 14.8 Å². The predicted molar refractivity (Wildman–Crippen MR) is 110 cm³/mol. The van der Waals surface area contributed by atoms with Gasteiger partial charge in [0.2, 0.25) is 15.9 Å². The zero-order valence-corrected chi connectivity index (χ0v) is 17.4. The molecule has 6 nitrogen and oxygen atoms in total. The molecule has 0 bridgehead atoms. The van der Waals surface area contributed by atoms with Gasteiger partial charge in [-0.15, -0.1) is 0 Å². The molecule has 1 N–H and O–H groups in total. The number of piperidine rings is 1. The van der Waals surface area contributed by atoms with E-state index in [4.69, 9.17) is 0 Å². The minimum Gasteiger partial charge on any atom is -0.325 e. The van der Waals surface area contributed by atoms with Gasteiger partial charge in [0.1, 0.15) is 6.07 Å². The van der Waals surface area contributed by atoms with Crippen LogP contribution in [0.1, 0.15) is 18.4 Å². The highest BCUT2D eigenvalue weighted by atomic mass is 127. The van der Waals surface area contributed by atoms with Gasteiger partial charge in [0.15, 0.2) is 0 Å². The van der Waals surface area contributed by atoms with Gasteiger partial charge >= 0.3 is 0 Å². The molecule has 8 heteroatoms. The third-order valence-corrected chi connectivity index (χ3v) is 7.48. The predicted octanol–water partition coefficient (Wildman–Crippen LogP) is 3.20. The zero-order chi connectivity index (χ0) is 19.4. The van der Waals surface area contributed by atoms with E-state index >= 15 is 0 Å². The molecule has 1 fully saturated rings. The van der Waals surface area contributed by atoms with E-state index in [0.29, 0.717) is 12.8 Å². The van der Waals surface area contributed by atoms with Gasteiger partial charge in [0, 0.05) is 22.6 Å². The lowest BCUT2D eigenvalue weighted by Crippen LogP contribution is -2.41. The van der Waals surface area contributed by atoms with Crippen molar-refractivity contribution in [1.29, 1.82) is 5.26 Å². The molecule has 27 heavy (non-hydrogen) atoms. The van der Waals surface area contributed by atoms with Crippen LogP contribution in [0, 0.1) is 20.8 Å². The molecular formula is C19H18IN3O3S. The van der Waals surface area contributed by atoms with E-state index in [0.717, 1.165) is 9.26 Å². The molecule has 1 aliphatic heterocycles. The first kappa shape index (κ1) is 19.8. The molecule has 1 saturated heterocycles. The molecular weight excluding hydrogens is 477 g/mol. The Hall–Kier alpha value is -1.96. The Labute approximate surface area is 172 Å². The monoisotopic (exact) mass is 495 g/mol. The van der Waals surface area contributed by atoms with Crippen LogP contribution in [0.15, 0.2) is 53.4 Å². The Morgan fingerprint density at radius 2 is 1.74 bits per heavy atom. The van der Waals surface area contributed by atoms with Crippen molar-refractivity contribution >= 4 is 44.2 Å². The number of carbonyl (C=O) groups is 1. The van der Waals surface area contributed by atoms with E-state index in [1.165, 1.54) is 16.4 Å². The number of hydrogen-bond acceptors (Lipinski definition) is 4. The summed E-state index contributed by atoms with van der Waals surface area (Å²) in [5, 5.41) is 12.1. The molecule has 0 spiro atoms. The first-order chi connectivity index (χ1) is 12.9. The third kappa shape index (κ3) is 4.31. The fraction of sp³-hybridized carbons (Fsp3) is 0.263. The number of carbonyl (C=O) groups excluding carboxylic acids is 1. The van der Waals surface area contributed by atoms with Crippen molar-refractivity contribution in [2.24, 2.45) is 5.92 Å². The number of nitrogens with one attached hydrogen (secondary N) is 1. The summed E-state index contributed by atoms with van der Waals surface area (Å²) >= 11 is 2.16. The molecule has 2 aromatic rings. The average Bonchev–Trinajstić information content (AvgIpc) is 2.69. The lowest BCUT2D eigenvalue weighted by molar-refractivity contribution is -0.120. The Balaban J connectivity index is 1.67. The number of benzene rings is 2. The van der Waals surface area contributed by atoms with Crippen molar-refractivity contribution < 1.29 is 13.2 Å². The molecule has 3 rings (SSSR count). The summed E-state index contributed by atoms with van der Waals surface area (Å²) in [4.78, 5) is 12.5. The molecule has 1 heterocycles. The summed E-state index contributed by atoms with van der Waals surface area (Å²) in [7, 11) is -3.74. The number of amides is 1. The van der Waals surface area contributed by atoms with Crippen LogP contribution in [0.4, 0.5) is 5.69 Å². The first-order valence-corrected chi connectivity index (χ1v) is 11.0. The van der Waals surface area contributed by atoms with E-state index < -0.39 is 10.0 Å². The third-order valence-electron chi connectivity index (χ3n) is 4.58. The molecule has 0 aliphatic carbocycles. The van der Waals surface area contributed by atoms with Crippen molar-refractivity contribution in [3.05, 3.63) is 57.7 Å². The lowest BCUT2D eigenvalue weighted by Gasteiger charge is -2.30. The van der Waals surface area contributed by atoms with Gasteiger partial charge in [-0.25, -0.2) is 8.42 Å². The largest absolute Gasteiger partial charge is 0.325 e. The highest BCUT2D eigenvalue weighted by Gasteiger charge is 2.33. The van der Waals surface area contributed by atoms with Gasteiger partial charge in [-0.2, -0.15) is 9.57 Å². The number of anilines is 1. The molecule has 1 aliphatic rings. The maximum atomic E-state index is 12.9. The number of halogens is 1. The molecule has 0 unspecified atom stereocenters. The van der Waals surface area contributed by atoms with E-state index in [1.807, 2.05) is 30.3 Å². The first-order valence-electron chi connectivity index (χ1n) is 8.48. The van der Waals surface area contributed by atoms with Crippen LogP contribution in [0.25, 0.3) is 0 Å². The quantitative estimate of drug-likeness (QED) is 0.660. The van der Waals surface area contributed by atoms with Gasteiger partial charge in [-0.1, -0.05) is 24.3 Å². The normalized spacial score (nSPS) is 15.9. The summed E-state index contributed by atoms with van der Waals surface area (Å²) in [5.74, 6) is -0.327. The van der Waals surface area contributed by atoms with Gasteiger partial charge in [0.05, 0.1) is 16.1 Å². The highest BCUT2D eigenvalue weighted by Crippen LogP contribution is 2.27. The van der Waals surface area contributed by atoms with Crippen molar-refractivity contribution in [3.63, 3.8) is 0 Å². The number of nitriles is 1. The fourth-order valence-electron chi connectivity index (χ4n) is 3.08. The Bertz CT molecular complexity index is 993. The molecule has 0 radical (unpaired) electrons. The molecule has 140 valence electrons. The summed E-state index contributed by atoms with van der Waals surface area (Å²) in [6.07, 6.45) is 0.895. The van der Waals surface area contributed by atoms with E-state index in [9.17, 15) is 18.5 Å². The van der Waals surface area contributed by atoms with E-state index in [2.05, 4.69) is 27.9 Å². The van der Waals surface area contributed by atoms with Crippen LogP contribution < -0.4 is 5.32 Å². The van der Waals surface area contributed by atoms with E-state index in [-0.39, 0.29) is 35.4 Å². The second kappa shape index (κ2) is 8.37. The zero-order valence-electron chi connectivity index (χ0n) is 14.4. The Morgan fingerprint density at radius 1 is 1.11 bits per heavy atom. The van der Waals surface area contributed by atoms with Gasteiger partial charge < -0.3 is 5.32 Å². The summed E-state index contributed by atoms with van der Waals surface area (Å²) in [6, 6.07) is 15.6. The maximum Gasteiger partial charge on any atom is 0.244 e. The van der Waals surface area contributed by atoms with Crippen LogP contribution in [-0.4, -0.2) is 31.7 Å². The van der Waals surface area contributed by atoms with Crippen molar-refractivity contribution in [2.45, 2.75) is 17.7 Å². The van der Waals surface area contributed by atoms with Crippen molar-refractivity contribution in [3.8, 4) is 6.07 Å². The minimum atomic E-state index is -3.74. The van der Waals surface area contributed by atoms with Crippen LogP contribution in [0.2, 0.25) is 0 Å². The number of rotatable bonds is 4. The smallest absolute Gasteiger partial charge is 0.244 e. The molecule has 1 amide bonds. The lowest BCUT2D eigenvalue weighted by atomic mass is 9.97. The molecule has 0 saturated carbocycles. The number of sulfonamides is 1. The summed E-state index contributed by atoms with van der Waals surface area (Å²) in [6.45, 7) is 0.512. The van der Waals surface area contributed by atoms with Gasteiger partial charge in [0.25, 0.3) is 0 Å². The second-order valence-corrected chi connectivity index (χ2v) is 9.32. The number of hydrogen-bond donors (Lipinski definition) is 1. The van der Waals surface area contributed by atoms with Gasteiger partial charge in [-0.3, -0.25) is 4.79 Å². The van der Waals surface area contributed by atoms with Crippen LogP contribution in [0.3, 0.4) is 0 Å². The molecule has 0 atom stereocenters. The second-order valence-electron chi connectivity index (χ2n) is 6.26. The minimum absolute atomic E-state index is 0.0224. The summed E-state index contributed by atoms with van der Waals surface area (Å²) < 4.78 is 28.0. The van der Waals surface area contributed by atoms with Crippen LogP contribution in [0.5, 0.6) is 0 Å². The summed E-state index contributed by atoms with van der Waals surface area (Å²) in [5.41, 5.74) is 0.900. The molecule has 0 aromatic heterocycles. The van der Waals surface area contributed by atoms with E-state index in [1.54, 1.807) is 12.1 Å². The van der Waals surface area contributed by atoms with Crippen molar-refractivity contribution in [2.75, 3.05) is 18.4 Å². The average molecular weight is 495 g/mol. The maximum absolute atomic E-state index is 12.9. The Kier molecular flexibility index (Phi) is 6.14. The highest BCUT2D eigenvalue weighted by molar-refractivity contribution is 14.1.